The summed E-state index contributed by atoms with van der Waals surface area (Å²) in [5.41, 5.74) is 0. The lowest BCUT2D eigenvalue weighted by molar-refractivity contribution is 0.626. The van der Waals surface area contributed by atoms with Gasteiger partial charge in [-0.25, -0.2) is 8.42 Å². The Morgan fingerprint density at radius 2 is 2.00 bits per heavy atom. The maximum absolute atomic E-state index is 9.06. The van der Waals surface area contributed by atoms with Crippen LogP contribution in [-0.2, 0) is 9.82 Å². The molecule has 0 aliphatic heterocycles. The van der Waals surface area contributed by atoms with Gasteiger partial charge in [0.05, 0.1) is 0 Å². The minimum Gasteiger partial charge on any atom is -0.215 e. The van der Waals surface area contributed by atoms with Crippen molar-refractivity contribution >= 4 is 20.5 Å². The first-order chi connectivity index (χ1) is 2.00. The van der Waals surface area contributed by atoms with Crippen LogP contribution in [0.4, 0.5) is 0 Å². The monoisotopic (exact) mass is 101 g/mol. The molecule has 0 heterocycles. The van der Waals surface area contributed by atoms with Crippen LogP contribution in [-0.4, -0.2) is 9.54 Å². The van der Waals surface area contributed by atoms with E-state index < -0.39 is 9.82 Å². The zero-order valence-corrected chi connectivity index (χ0v) is 3.18. The van der Waals surface area contributed by atoms with Gasteiger partial charge in [-0.2, -0.15) is 0 Å². The molecule has 0 spiro atoms. The Morgan fingerprint density at radius 1 is 2.00 bits per heavy atom. The molecule has 4 heteroatoms. The molecule has 0 rings (SSSR count). The van der Waals surface area contributed by atoms with Crippen LogP contribution in [0.25, 0.3) is 0 Å². The third kappa shape index (κ3) is 59.8. The SMILES string of the molecule is [2H]S(=O)(=O)Cl. The molecule has 0 saturated heterocycles. The average molecular weight is 102 g/mol. The molecule has 0 saturated carbocycles. The Kier molecular flexibility index (Phi) is 0.959. The molecule has 4 heavy (non-hydrogen) atoms. The molecule has 2 nitrogen and oxygen atoms in total. The van der Waals surface area contributed by atoms with E-state index in [4.69, 9.17) is 9.54 Å². The first-order valence-corrected chi connectivity index (χ1v) is 2.39. The molecule has 0 aliphatic carbocycles. The van der Waals surface area contributed by atoms with Gasteiger partial charge in [-0.1, -0.05) is 0 Å². The van der Waals surface area contributed by atoms with Gasteiger partial charge in [0.2, 0.25) is 9.82 Å². The summed E-state index contributed by atoms with van der Waals surface area (Å²) in [7, 11) is 0.225. The highest BCUT2D eigenvalue weighted by molar-refractivity contribution is 7.98. The van der Waals surface area contributed by atoms with Crippen molar-refractivity contribution in [3.8, 4) is 0 Å². The van der Waals surface area contributed by atoms with Crippen LogP contribution in [0.15, 0.2) is 0 Å². The number of thiol groups is 1. The van der Waals surface area contributed by atoms with Gasteiger partial charge in [-0.05, 0) is 0 Å². The maximum atomic E-state index is 9.06. The molecule has 0 N–H and O–H groups in total. The van der Waals surface area contributed by atoms with Gasteiger partial charge < -0.3 is 0 Å². The number of halogens is 1. The standard InChI is InChI=1S/ClHO2S/c1-4(2)3/h4H/i4D. The summed E-state index contributed by atoms with van der Waals surface area (Å²) in [6.07, 6.45) is 0. The predicted octanol–water partition coefficient (Wildman–Crippen LogP) is -0.248. The first-order valence-electron chi connectivity index (χ1n) is 0.896. The van der Waals surface area contributed by atoms with E-state index in [9.17, 15) is 0 Å². The zero-order chi connectivity index (χ0) is 4.50. The van der Waals surface area contributed by atoms with E-state index >= 15 is 0 Å². The quantitative estimate of drug-likeness (QED) is 0.337. The first kappa shape index (κ1) is 2.48. The second-order valence-electron chi connectivity index (χ2n) is 0.194. The second kappa shape index (κ2) is 1.55. The topological polar surface area (TPSA) is 34.1 Å². The molecule has 0 amide bonds. The Morgan fingerprint density at radius 3 is 2.00 bits per heavy atom. The summed E-state index contributed by atoms with van der Waals surface area (Å²) >= 11 is 0. The lowest BCUT2D eigenvalue weighted by Crippen LogP contribution is -1.41. The average Bonchev–Trinajstić information content (AvgIpc) is 0.722. The molecule has 0 bridgehead atoms. The van der Waals surface area contributed by atoms with E-state index in [2.05, 4.69) is 10.7 Å². The van der Waals surface area contributed by atoms with E-state index in [0.29, 0.717) is 0 Å². The van der Waals surface area contributed by atoms with Crippen molar-refractivity contribution in [2.24, 2.45) is 0 Å². The van der Waals surface area contributed by atoms with Gasteiger partial charge in [0.25, 0.3) is 0 Å². The summed E-state index contributed by atoms with van der Waals surface area (Å²) in [5, 5.41) is 0. The zero-order valence-electron chi connectivity index (χ0n) is 2.60. The van der Waals surface area contributed by atoms with Crippen molar-refractivity contribution in [2.45, 2.75) is 0 Å². The fraction of sp³-hybridized carbons (Fsp3) is 0. The lowest BCUT2D eigenvalue weighted by Gasteiger charge is -1.37. The van der Waals surface area contributed by atoms with Gasteiger partial charge >= 0.3 is 0 Å². The molecule has 0 atom stereocenters. The lowest BCUT2D eigenvalue weighted by atomic mass is 15.9. The molecule has 0 aromatic carbocycles. The molecular formula is HClO2S. The van der Waals surface area contributed by atoms with Crippen LogP contribution in [0.2, 0.25) is 0 Å². The number of hydrogen-bond acceptors (Lipinski definition) is 2. The summed E-state index contributed by atoms with van der Waals surface area (Å²) in [5.74, 6) is 0. The Hall–Kier alpha value is 0.240. The van der Waals surface area contributed by atoms with E-state index in [1.165, 1.54) is 0 Å². The summed E-state index contributed by atoms with van der Waals surface area (Å²) in [6.45, 7) is 0. The Balaban J connectivity index is 4.06. The van der Waals surface area contributed by atoms with Crippen molar-refractivity contribution in [2.75, 3.05) is 0 Å². The van der Waals surface area contributed by atoms with Crippen LogP contribution >= 0.6 is 10.7 Å². The van der Waals surface area contributed by atoms with E-state index in [1.54, 1.807) is 0 Å². The number of hydrogen-bond donors (Lipinski definition) is 1. The van der Waals surface area contributed by atoms with E-state index in [1.807, 2.05) is 0 Å². The summed E-state index contributed by atoms with van der Waals surface area (Å²) in [6, 6.07) is 0. The Bertz CT molecular complexity index is 92.8. The smallest absolute Gasteiger partial charge is 0.215 e. The molecule has 0 fully saturated rings. The van der Waals surface area contributed by atoms with Gasteiger partial charge in [0.1, 0.15) is 0 Å². The molecule has 0 aromatic heterocycles. The summed E-state index contributed by atoms with van der Waals surface area (Å²) < 4.78 is 23.8. The van der Waals surface area contributed by atoms with Gasteiger partial charge in [0, 0.05) is 10.7 Å². The van der Waals surface area contributed by atoms with Crippen LogP contribution in [0, 0.1) is 0 Å². The minimum atomic E-state index is -3.94. The van der Waals surface area contributed by atoms with E-state index in [0.717, 1.165) is 0 Å². The second-order valence-corrected chi connectivity index (χ2v) is 1.34. The van der Waals surface area contributed by atoms with Crippen LogP contribution in [0.1, 0.15) is 0 Å². The third-order valence-electron chi connectivity index (χ3n) is 0. The van der Waals surface area contributed by atoms with Crippen molar-refractivity contribution in [3.05, 3.63) is 0 Å². The van der Waals surface area contributed by atoms with Crippen LogP contribution in [0.3, 0.4) is 0 Å². The van der Waals surface area contributed by atoms with Gasteiger partial charge in [-0.3, -0.25) is 0 Å². The van der Waals surface area contributed by atoms with Gasteiger partial charge in [0.15, 0.2) is 1.12 Å². The Labute approximate surface area is 30.9 Å². The van der Waals surface area contributed by atoms with Gasteiger partial charge in [-0.15, -0.1) is 0 Å². The predicted molar refractivity (Wildman–Crippen MR) is 16.2 cm³/mol. The van der Waals surface area contributed by atoms with Crippen molar-refractivity contribution in [1.29, 1.82) is 1.12 Å². The van der Waals surface area contributed by atoms with Crippen LogP contribution < -0.4 is 0 Å². The summed E-state index contributed by atoms with van der Waals surface area (Å²) in [4.78, 5) is 0. The molecule has 26 valence electrons. The van der Waals surface area contributed by atoms with E-state index in [-0.39, 0.29) is 0 Å². The molecular weight excluding hydrogens is 99.5 g/mol. The van der Waals surface area contributed by atoms with Crippen LogP contribution in [0.5, 0.6) is 0 Å². The van der Waals surface area contributed by atoms with Crippen molar-refractivity contribution in [1.82, 2.24) is 0 Å². The fourth-order valence-corrected chi connectivity index (χ4v) is 0. The number of rotatable bonds is 0. The molecule has 0 aliphatic rings. The molecule has 0 radical (unpaired) electrons. The molecule has 0 unspecified atom stereocenters. The third-order valence-corrected chi connectivity index (χ3v) is 0. The highest BCUT2D eigenvalue weighted by Crippen LogP contribution is 1.61. The largest absolute Gasteiger partial charge is 0.222 e. The van der Waals surface area contributed by atoms with Crippen molar-refractivity contribution in [3.63, 3.8) is 0 Å². The molecule has 0 aromatic rings. The van der Waals surface area contributed by atoms with Crippen molar-refractivity contribution < 1.29 is 8.42 Å². The minimum absolute atomic E-state index is 3.94. The fourth-order valence-electron chi connectivity index (χ4n) is 0. The maximum Gasteiger partial charge on any atom is 0.222 e. The highest BCUT2D eigenvalue weighted by Gasteiger charge is 1.49. The normalized spacial score (nSPS) is 14.8. The highest BCUT2D eigenvalue weighted by atomic mass is 35.7.